The van der Waals surface area contributed by atoms with Gasteiger partial charge in [0.05, 0.1) is 6.04 Å². The Morgan fingerprint density at radius 3 is 2.65 bits per heavy atom. The van der Waals surface area contributed by atoms with Gasteiger partial charge in [-0.15, -0.1) is 0 Å². The Bertz CT molecular complexity index is 612. The van der Waals surface area contributed by atoms with Gasteiger partial charge in [0.1, 0.15) is 11.5 Å². The maximum absolute atomic E-state index is 5.72. The van der Waals surface area contributed by atoms with Crippen LogP contribution in [-0.4, -0.2) is 6.54 Å². The van der Waals surface area contributed by atoms with Crippen molar-refractivity contribution in [3.05, 3.63) is 58.0 Å². The van der Waals surface area contributed by atoms with E-state index in [1.807, 2.05) is 6.92 Å². The molecule has 1 heterocycles. The van der Waals surface area contributed by atoms with Crippen LogP contribution in [0.4, 0.5) is 0 Å². The van der Waals surface area contributed by atoms with Crippen LogP contribution in [0.25, 0.3) is 0 Å². The summed E-state index contributed by atoms with van der Waals surface area (Å²) in [5.74, 6) is 2.01. The van der Waals surface area contributed by atoms with Crippen LogP contribution in [0.3, 0.4) is 0 Å². The molecule has 3 rings (SSSR count). The number of hydrogen-bond donors (Lipinski definition) is 1. The number of aryl methyl sites for hydroxylation is 4. The lowest BCUT2D eigenvalue weighted by atomic mass is 9.95. The van der Waals surface area contributed by atoms with Gasteiger partial charge in [0.15, 0.2) is 0 Å². The molecule has 1 atom stereocenters. The second kappa shape index (κ2) is 5.45. The van der Waals surface area contributed by atoms with Crippen LogP contribution in [0.15, 0.2) is 28.7 Å². The van der Waals surface area contributed by atoms with Gasteiger partial charge in [-0.25, -0.2) is 0 Å². The molecule has 0 aliphatic heterocycles. The molecule has 0 saturated carbocycles. The first kappa shape index (κ1) is 13.4. The quantitative estimate of drug-likeness (QED) is 0.904. The lowest BCUT2D eigenvalue weighted by molar-refractivity contribution is 0.495. The summed E-state index contributed by atoms with van der Waals surface area (Å²) < 4.78 is 5.72. The van der Waals surface area contributed by atoms with E-state index in [2.05, 4.69) is 43.4 Å². The van der Waals surface area contributed by atoms with Crippen molar-refractivity contribution < 1.29 is 4.42 Å². The molecule has 0 bridgehead atoms. The number of furan rings is 1. The highest BCUT2D eigenvalue weighted by Crippen LogP contribution is 2.31. The first-order chi connectivity index (χ1) is 9.69. The summed E-state index contributed by atoms with van der Waals surface area (Å²) in [7, 11) is 0. The third-order valence-corrected chi connectivity index (χ3v) is 4.25. The molecule has 1 aliphatic rings. The minimum absolute atomic E-state index is 0.239. The van der Waals surface area contributed by atoms with Crippen LogP contribution in [0, 0.1) is 13.8 Å². The van der Waals surface area contributed by atoms with Crippen LogP contribution in [0.2, 0.25) is 0 Å². The highest BCUT2D eigenvalue weighted by Gasteiger charge is 2.20. The maximum atomic E-state index is 5.72. The zero-order valence-corrected chi connectivity index (χ0v) is 12.6. The van der Waals surface area contributed by atoms with Crippen molar-refractivity contribution in [2.45, 2.75) is 46.1 Å². The van der Waals surface area contributed by atoms with Crippen LogP contribution < -0.4 is 5.32 Å². The van der Waals surface area contributed by atoms with Gasteiger partial charge in [-0.3, -0.25) is 0 Å². The molecular formula is C18H23NO. The van der Waals surface area contributed by atoms with Gasteiger partial charge in [0, 0.05) is 5.56 Å². The number of benzene rings is 1. The lowest BCUT2D eigenvalue weighted by Gasteiger charge is -2.19. The molecule has 1 N–H and O–H groups in total. The molecule has 0 amide bonds. The molecule has 1 aromatic heterocycles. The average molecular weight is 269 g/mol. The predicted octanol–water partition coefficient (Wildman–Crippen LogP) is 4.08. The van der Waals surface area contributed by atoms with Crippen LogP contribution in [0.5, 0.6) is 0 Å². The van der Waals surface area contributed by atoms with E-state index in [0.717, 1.165) is 18.1 Å². The van der Waals surface area contributed by atoms with Gasteiger partial charge in [0.25, 0.3) is 0 Å². The summed E-state index contributed by atoms with van der Waals surface area (Å²) in [5, 5.41) is 3.60. The molecule has 2 heteroatoms. The smallest absolute Gasteiger partial charge is 0.106 e. The fourth-order valence-electron chi connectivity index (χ4n) is 3.32. The zero-order chi connectivity index (χ0) is 14.1. The molecule has 1 aromatic carbocycles. The molecule has 0 spiro atoms. The van der Waals surface area contributed by atoms with E-state index in [4.69, 9.17) is 4.42 Å². The van der Waals surface area contributed by atoms with E-state index in [1.165, 1.54) is 41.5 Å². The number of rotatable bonds is 4. The van der Waals surface area contributed by atoms with Crippen LogP contribution >= 0.6 is 0 Å². The topological polar surface area (TPSA) is 25.2 Å². The molecule has 20 heavy (non-hydrogen) atoms. The van der Waals surface area contributed by atoms with E-state index in [1.54, 1.807) is 0 Å². The minimum atomic E-state index is 0.239. The van der Waals surface area contributed by atoms with Gasteiger partial charge in [-0.1, -0.05) is 25.1 Å². The molecule has 2 aromatic rings. The normalized spacial score (nSPS) is 15.3. The second-order valence-corrected chi connectivity index (χ2v) is 5.74. The largest absolute Gasteiger partial charge is 0.466 e. The Morgan fingerprint density at radius 2 is 1.95 bits per heavy atom. The number of nitrogens with one attached hydrogen (secondary N) is 1. The third-order valence-electron chi connectivity index (χ3n) is 4.25. The molecule has 0 saturated heterocycles. The Hall–Kier alpha value is -1.54. The zero-order valence-electron chi connectivity index (χ0n) is 12.6. The highest BCUT2D eigenvalue weighted by atomic mass is 16.3. The van der Waals surface area contributed by atoms with E-state index >= 15 is 0 Å². The fourth-order valence-corrected chi connectivity index (χ4v) is 3.32. The van der Waals surface area contributed by atoms with E-state index in [0.29, 0.717) is 0 Å². The Balaban J connectivity index is 2.00. The fraction of sp³-hybridized carbons (Fsp3) is 0.444. The van der Waals surface area contributed by atoms with Crippen molar-refractivity contribution in [3.8, 4) is 0 Å². The van der Waals surface area contributed by atoms with E-state index < -0.39 is 0 Å². The average Bonchev–Trinajstić information content (AvgIpc) is 3.01. The minimum Gasteiger partial charge on any atom is -0.466 e. The monoisotopic (exact) mass is 269 g/mol. The SMILES string of the molecule is CCNC(c1ccc2c(c1)CCC2)c1cc(C)oc1C. The molecular weight excluding hydrogens is 246 g/mol. The molecule has 0 fully saturated rings. The molecule has 1 aliphatic carbocycles. The summed E-state index contributed by atoms with van der Waals surface area (Å²) in [6.07, 6.45) is 3.77. The summed E-state index contributed by atoms with van der Waals surface area (Å²) >= 11 is 0. The molecule has 2 nitrogen and oxygen atoms in total. The molecule has 106 valence electrons. The van der Waals surface area contributed by atoms with Crippen LogP contribution in [0.1, 0.15) is 53.2 Å². The third kappa shape index (κ3) is 2.40. The lowest BCUT2D eigenvalue weighted by Crippen LogP contribution is -2.22. The number of hydrogen-bond acceptors (Lipinski definition) is 2. The Labute approximate surface area is 121 Å². The summed E-state index contributed by atoms with van der Waals surface area (Å²) in [6, 6.07) is 9.37. The van der Waals surface area contributed by atoms with Crippen molar-refractivity contribution >= 4 is 0 Å². The van der Waals surface area contributed by atoms with Gasteiger partial charge in [-0.05, 0) is 62.4 Å². The summed E-state index contributed by atoms with van der Waals surface area (Å²) in [4.78, 5) is 0. The van der Waals surface area contributed by atoms with Crippen molar-refractivity contribution in [1.29, 1.82) is 0 Å². The second-order valence-electron chi connectivity index (χ2n) is 5.74. The van der Waals surface area contributed by atoms with Crippen molar-refractivity contribution in [2.75, 3.05) is 6.54 Å². The van der Waals surface area contributed by atoms with Gasteiger partial charge in [-0.2, -0.15) is 0 Å². The van der Waals surface area contributed by atoms with Crippen LogP contribution in [-0.2, 0) is 12.8 Å². The van der Waals surface area contributed by atoms with Gasteiger partial charge >= 0.3 is 0 Å². The number of fused-ring (bicyclic) bond motifs is 1. The molecule has 1 unspecified atom stereocenters. The molecule has 0 radical (unpaired) electrons. The summed E-state index contributed by atoms with van der Waals surface area (Å²) in [6.45, 7) is 7.18. The Kier molecular flexibility index (Phi) is 3.66. The van der Waals surface area contributed by atoms with E-state index in [9.17, 15) is 0 Å². The first-order valence-electron chi connectivity index (χ1n) is 7.61. The predicted molar refractivity (Wildman–Crippen MR) is 82.2 cm³/mol. The highest BCUT2D eigenvalue weighted by molar-refractivity contribution is 5.41. The van der Waals surface area contributed by atoms with Crippen molar-refractivity contribution in [1.82, 2.24) is 5.32 Å². The summed E-state index contributed by atoms with van der Waals surface area (Å²) in [5.41, 5.74) is 5.69. The van der Waals surface area contributed by atoms with Gasteiger partial charge < -0.3 is 9.73 Å². The van der Waals surface area contributed by atoms with E-state index in [-0.39, 0.29) is 6.04 Å². The maximum Gasteiger partial charge on any atom is 0.106 e. The standard InChI is InChI=1S/C18H23NO/c1-4-19-18(17-10-12(2)20-13(17)3)16-9-8-14-6-5-7-15(14)11-16/h8-11,18-19H,4-7H2,1-3H3. The van der Waals surface area contributed by atoms with Crippen molar-refractivity contribution in [3.63, 3.8) is 0 Å². The first-order valence-corrected chi connectivity index (χ1v) is 7.61. The van der Waals surface area contributed by atoms with Gasteiger partial charge in [0.2, 0.25) is 0 Å². The van der Waals surface area contributed by atoms with Crippen molar-refractivity contribution in [2.24, 2.45) is 0 Å². The Morgan fingerprint density at radius 1 is 1.15 bits per heavy atom.